The molecular formula is C12H24N2O2. The zero-order valence-electron chi connectivity index (χ0n) is 10.9. The second-order valence-corrected chi connectivity index (χ2v) is 4.78. The van der Waals surface area contributed by atoms with Crippen molar-refractivity contribution in [2.24, 2.45) is 0 Å². The molecule has 16 heavy (non-hydrogen) atoms. The van der Waals surface area contributed by atoms with Gasteiger partial charge in [-0.1, -0.05) is 6.92 Å². The predicted molar refractivity (Wildman–Crippen MR) is 64.4 cm³/mol. The van der Waals surface area contributed by atoms with Crippen LogP contribution in [0.15, 0.2) is 0 Å². The van der Waals surface area contributed by atoms with Gasteiger partial charge >= 0.3 is 5.97 Å². The third-order valence-corrected chi connectivity index (χ3v) is 3.28. The van der Waals surface area contributed by atoms with E-state index in [0.29, 0.717) is 6.04 Å². The molecule has 0 heterocycles. The summed E-state index contributed by atoms with van der Waals surface area (Å²) in [6, 6.07) is 0.678. The van der Waals surface area contributed by atoms with Crippen molar-refractivity contribution in [2.75, 3.05) is 27.2 Å². The van der Waals surface area contributed by atoms with Crippen LogP contribution >= 0.6 is 0 Å². The fourth-order valence-corrected chi connectivity index (χ4v) is 1.99. The van der Waals surface area contributed by atoms with Gasteiger partial charge in [0.2, 0.25) is 0 Å². The van der Waals surface area contributed by atoms with Crippen LogP contribution in [0, 0.1) is 0 Å². The number of nitrogens with one attached hydrogen (secondary N) is 1. The summed E-state index contributed by atoms with van der Waals surface area (Å²) in [5.41, 5.74) is -0.591. The van der Waals surface area contributed by atoms with Gasteiger partial charge in [0.25, 0.3) is 0 Å². The summed E-state index contributed by atoms with van der Waals surface area (Å²) in [6.45, 7) is 5.86. The molecule has 0 aliphatic heterocycles. The summed E-state index contributed by atoms with van der Waals surface area (Å²) in [5.74, 6) is -0.184. The molecule has 1 aliphatic carbocycles. The highest BCUT2D eigenvalue weighted by Crippen LogP contribution is 2.28. The van der Waals surface area contributed by atoms with Crippen molar-refractivity contribution < 1.29 is 9.53 Å². The molecule has 0 spiro atoms. The Kier molecular flexibility index (Phi) is 4.74. The smallest absolute Gasteiger partial charge is 0.327 e. The molecule has 1 rings (SSSR count). The van der Waals surface area contributed by atoms with E-state index in [9.17, 15) is 4.79 Å². The lowest BCUT2D eigenvalue weighted by Gasteiger charge is -2.33. The molecule has 1 unspecified atom stereocenters. The summed E-state index contributed by atoms with van der Waals surface area (Å²) >= 11 is 0. The van der Waals surface area contributed by atoms with Crippen molar-refractivity contribution in [3.63, 3.8) is 0 Å². The van der Waals surface area contributed by atoms with Crippen LogP contribution in [0.4, 0.5) is 0 Å². The van der Waals surface area contributed by atoms with Crippen LogP contribution in [-0.2, 0) is 9.53 Å². The first kappa shape index (κ1) is 13.5. The largest absolute Gasteiger partial charge is 0.468 e. The van der Waals surface area contributed by atoms with E-state index < -0.39 is 5.54 Å². The zero-order chi connectivity index (χ0) is 12.2. The van der Waals surface area contributed by atoms with Gasteiger partial charge in [-0.25, -0.2) is 0 Å². The summed E-state index contributed by atoms with van der Waals surface area (Å²) < 4.78 is 4.86. The average Bonchev–Trinajstić information content (AvgIpc) is 3.11. The Balaban J connectivity index is 2.61. The van der Waals surface area contributed by atoms with E-state index in [1.54, 1.807) is 0 Å². The average molecular weight is 228 g/mol. The fourth-order valence-electron chi connectivity index (χ4n) is 1.99. The maximum absolute atomic E-state index is 11.7. The Bertz CT molecular complexity index is 241. The molecule has 0 saturated heterocycles. The standard InChI is InChI=1S/C12H24N2O2/c1-5-8-14(10-6-7-10)9-12(2,13-3)11(15)16-4/h10,13H,5-9H2,1-4H3. The number of methoxy groups -OCH3 is 1. The Morgan fingerprint density at radius 1 is 1.56 bits per heavy atom. The first-order valence-electron chi connectivity index (χ1n) is 6.08. The summed E-state index contributed by atoms with van der Waals surface area (Å²) in [7, 11) is 3.26. The molecule has 0 bridgehead atoms. The maximum atomic E-state index is 11.7. The minimum absolute atomic E-state index is 0.184. The van der Waals surface area contributed by atoms with Crippen LogP contribution in [0.3, 0.4) is 0 Å². The molecule has 0 amide bonds. The van der Waals surface area contributed by atoms with Gasteiger partial charge in [0.15, 0.2) is 0 Å². The Morgan fingerprint density at radius 3 is 2.56 bits per heavy atom. The van der Waals surface area contributed by atoms with Crippen LogP contribution in [0.1, 0.15) is 33.1 Å². The van der Waals surface area contributed by atoms with E-state index in [-0.39, 0.29) is 5.97 Å². The van der Waals surface area contributed by atoms with Gasteiger partial charge in [-0.3, -0.25) is 9.69 Å². The molecule has 1 aliphatic rings. The van der Waals surface area contributed by atoms with E-state index in [1.165, 1.54) is 20.0 Å². The predicted octanol–water partition coefficient (Wildman–Crippen LogP) is 1.01. The molecule has 94 valence electrons. The van der Waals surface area contributed by atoms with Crippen molar-refractivity contribution in [1.82, 2.24) is 10.2 Å². The van der Waals surface area contributed by atoms with Crippen molar-refractivity contribution in [3.05, 3.63) is 0 Å². The molecule has 1 N–H and O–H groups in total. The van der Waals surface area contributed by atoms with Crippen molar-refractivity contribution >= 4 is 5.97 Å². The first-order valence-corrected chi connectivity index (χ1v) is 6.08. The molecule has 0 aromatic carbocycles. The van der Waals surface area contributed by atoms with E-state index >= 15 is 0 Å². The molecule has 4 heteroatoms. The second-order valence-electron chi connectivity index (χ2n) is 4.78. The summed E-state index contributed by atoms with van der Waals surface area (Å²) in [5, 5.41) is 3.08. The molecular weight excluding hydrogens is 204 g/mol. The zero-order valence-corrected chi connectivity index (χ0v) is 10.9. The van der Waals surface area contributed by atoms with Crippen LogP contribution in [0.2, 0.25) is 0 Å². The third-order valence-electron chi connectivity index (χ3n) is 3.28. The molecule has 1 atom stereocenters. The Morgan fingerprint density at radius 2 is 2.19 bits per heavy atom. The van der Waals surface area contributed by atoms with E-state index in [0.717, 1.165) is 19.5 Å². The van der Waals surface area contributed by atoms with Gasteiger partial charge in [-0.05, 0) is 39.8 Å². The third kappa shape index (κ3) is 3.19. The monoisotopic (exact) mass is 228 g/mol. The number of hydrogen-bond acceptors (Lipinski definition) is 4. The molecule has 0 radical (unpaired) electrons. The fraction of sp³-hybridized carbons (Fsp3) is 0.917. The van der Waals surface area contributed by atoms with Crippen molar-refractivity contribution in [1.29, 1.82) is 0 Å². The number of carbonyl (C=O) groups is 1. The van der Waals surface area contributed by atoms with Crippen LogP contribution in [0.5, 0.6) is 0 Å². The van der Waals surface area contributed by atoms with Crippen LogP contribution < -0.4 is 5.32 Å². The van der Waals surface area contributed by atoms with Crippen molar-refractivity contribution in [3.8, 4) is 0 Å². The van der Waals surface area contributed by atoms with Gasteiger partial charge in [-0.15, -0.1) is 0 Å². The quantitative estimate of drug-likeness (QED) is 0.660. The highest BCUT2D eigenvalue weighted by molar-refractivity contribution is 5.80. The second kappa shape index (κ2) is 5.64. The molecule has 0 aromatic rings. The van der Waals surface area contributed by atoms with Gasteiger partial charge in [0.05, 0.1) is 7.11 Å². The van der Waals surface area contributed by atoms with E-state index in [4.69, 9.17) is 4.74 Å². The number of hydrogen-bond donors (Lipinski definition) is 1. The van der Waals surface area contributed by atoms with Crippen LogP contribution in [-0.4, -0.2) is 49.7 Å². The Hall–Kier alpha value is -0.610. The number of rotatable bonds is 7. The van der Waals surface area contributed by atoms with E-state index in [2.05, 4.69) is 17.1 Å². The van der Waals surface area contributed by atoms with Gasteiger partial charge in [0, 0.05) is 12.6 Å². The SMILES string of the molecule is CCCN(CC(C)(NC)C(=O)OC)C1CC1. The highest BCUT2D eigenvalue weighted by Gasteiger charge is 2.38. The maximum Gasteiger partial charge on any atom is 0.327 e. The normalized spacial score (nSPS) is 19.6. The first-order chi connectivity index (χ1) is 7.57. The number of esters is 1. The lowest BCUT2D eigenvalue weighted by Crippen LogP contribution is -2.56. The minimum Gasteiger partial charge on any atom is -0.468 e. The number of carbonyl (C=O) groups excluding carboxylic acids is 1. The number of ether oxygens (including phenoxy) is 1. The molecule has 0 aromatic heterocycles. The topological polar surface area (TPSA) is 41.6 Å². The van der Waals surface area contributed by atoms with Gasteiger partial charge in [0.1, 0.15) is 5.54 Å². The Labute approximate surface area is 98.3 Å². The highest BCUT2D eigenvalue weighted by atomic mass is 16.5. The summed E-state index contributed by atoms with van der Waals surface area (Å²) in [6.07, 6.45) is 3.65. The van der Waals surface area contributed by atoms with Gasteiger partial charge in [-0.2, -0.15) is 0 Å². The molecule has 1 saturated carbocycles. The number of nitrogens with zero attached hydrogens (tertiary/aromatic N) is 1. The molecule has 1 fully saturated rings. The number of likely N-dealkylation sites (N-methyl/N-ethyl adjacent to an activating group) is 1. The minimum atomic E-state index is -0.591. The van der Waals surface area contributed by atoms with E-state index in [1.807, 2.05) is 14.0 Å². The lowest BCUT2D eigenvalue weighted by atomic mass is 10.0. The molecule has 4 nitrogen and oxygen atoms in total. The van der Waals surface area contributed by atoms with Crippen molar-refractivity contribution in [2.45, 2.75) is 44.7 Å². The summed E-state index contributed by atoms with van der Waals surface area (Å²) in [4.78, 5) is 14.1. The van der Waals surface area contributed by atoms with Crippen LogP contribution in [0.25, 0.3) is 0 Å². The van der Waals surface area contributed by atoms with Gasteiger partial charge < -0.3 is 10.1 Å². The lowest BCUT2D eigenvalue weighted by molar-refractivity contribution is -0.148.